The van der Waals surface area contributed by atoms with Gasteiger partial charge >= 0.3 is 11.9 Å². The third kappa shape index (κ3) is 14.1. The molecule has 408 valence electrons. The van der Waals surface area contributed by atoms with Gasteiger partial charge in [0, 0.05) is 39.7 Å². The minimum absolute atomic E-state index is 0.199. The van der Waals surface area contributed by atoms with Crippen molar-refractivity contribution in [1.29, 1.82) is 0 Å². The number of rotatable bonds is 8. The first-order chi connectivity index (χ1) is 35.9. The zero-order chi connectivity index (χ0) is 56.3. The summed E-state index contributed by atoms with van der Waals surface area (Å²) >= 11 is 8.72. The minimum atomic E-state index is -1.69. The van der Waals surface area contributed by atoms with Gasteiger partial charge in [0.05, 0.1) is 34.5 Å². The smallest absolute Gasteiger partial charge is 0.329 e. The lowest BCUT2D eigenvalue weighted by molar-refractivity contribution is -0.160. The van der Waals surface area contributed by atoms with Gasteiger partial charge in [0.25, 0.3) is 11.8 Å². The van der Waals surface area contributed by atoms with Crippen LogP contribution in [0, 0.1) is 11.8 Å². The Labute approximate surface area is 450 Å². The molecular weight excluding hydrogens is 1020 g/mol. The number of nitrogens with zero attached hydrogens (tertiary/aromatic N) is 8. The summed E-state index contributed by atoms with van der Waals surface area (Å²) < 4.78 is 11.3. The van der Waals surface area contributed by atoms with Crippen LogP contribution in [0.15, 0.2) is 60.9 Å². The summed E-state index contributed by atoms with van der Waals surface area (Å²) in [6.07, 6.45) is 2.37. The fourth-order valence-corrected chi connectivity index (χ4v) is 9.17. The number of hydrogen-bond acceptors (Lipinski definition) is 18. The second kappa shape index (κ2) is 26.3. The Bertz CT molecular complexity index is 2670. The quantitative estimate of drug-likeness (QED) is 0.100. The van der Waals surface area contributed by atoms with Gasteiger partial charge in [-0.2, -0.15) is 25.3 Å². The maximum absolute atomic E-state index is 14.3. The summed E-state index contributed by atoms with van der Waals surface area (Å²) in [5, 5.41) is 10.0. The molecule has 4 aromatic rings. The lowest BCUT2D eigenvalue weighted by Crippen LogP contribution is -2.60. The van der Waals surface area contributed by atoms with Gasteiger partial charge < -0.3 is 50.3 Å². The number of carbonyl (C=O) groups excluding carboxylic acids is 10. The number of aromatic nitrogens is 4. The second-order valence-electron chi connectivity index (χ2n) is 18.8. The molecule has 76 heavy (non-hydrogen) atoms. The number of carbonyl (C=O) groups is 10. The standard InChI is InChI=1S/C50H64N12O12S2/c1-25(2)39-49(71)73-21-35(57-41(63)33-19-51-29-15-11-13-17-31(29)55-33)43(65)53-28(6)46(68)60(8)38(24-76)48(70)62(10)40(26(3)4)50(72)74-22-36(58-42(64)34-20-52-30-16-12-14-18-32(30)56-34)44(66)54-27(5)45(67)59(7)37(23-75)47(69)61(39)9/h11-20,25-28,35-40,75-76H,21-24H2,1-10H3,(H,53,65)(H,54,66)(H,57,63)(H,58,64)/t27-,28-,35+,36+,37-,38-,39-,40-/m0/s1. The van der Waals surface area contributed by atoms with Crippen LogP contribution in [0.3, 0.4) is 0 Å². The van der Waals surface area contributed by atoms with Crippen LogP contribution in [0.4, 0.5) is 0 Å². The maximum Gasteiger partial charge on any atom is 0.329 e. The van der Waals surface area contributed by atoms with Crippen LogP contribution in [-0.4, -0.2) is 200 Å². The van der Waals surface area contributed by atoms with Crippen LogP contribution in [0.2, 0.25) is 0 Å². The van der Waals surface area contributed by atoms with Gasteiger partial charge in [0.15, 0.2) is 0 Å². The van der Waals surface area contributed by atoms with E-state index in [2.05, 4.69) is 66.5 Å². The molecule has 8 atom stereocenters. The molecule has 8 amide bonds. The molecule has 1 saturated heterocycles. The van der Waals surface area contributed by atoms with Crippen molar-refractivity contribution in [1.82, 2.24) is 60.8 Å². The molecule has 1 aliphatic heterocycles. The SMILES string of the molecule is CC(C)[C@H]1C(=O)OC[C@@H](NC(=O)c2cnc3ccccc3n2)C(=O)N[C@@H](C)C(=O)N(C)[C@@H](CS)C(=O)N(C)[C@@H](C(C)C)C(=O)OC[C@@H](NC(=O)c2cnc3ccccc3n2)C(=O)N[C@@H](C)C(=O)N(C)[C@@H](CS)C(=O)N1C. The highest BCUT2D eigenvalue weighted by Crippen LogP contribution is 2.19. The van der Waals surface area contributed by atoms with Crippen LogP contribution in [0.5, 0.6) is 0 Å². The summed E-state index contributed by atoms with van der Waals surface area (Å²) in [7, 11) is 5.17. The van der Waals surface area contributed by atoms with Crippen LogP contribution < -0.4 is 21.3 Å². The van der Waals surface area contributed by atoms with E-state index < -0.39 is 133 Å². The first-order valence-electron chi connectivity index (χ1n) is 24.2. The van der Waals surface area contributed by atoms with E-state index in [1.807, 2.05) is 0 Å². The summed E-state index contributed by atoms with van der Waals surface area (Å²) in [6, 6.07) is 1.90. The van der Waals surface area contributed by atoms with Gasteiger partial charge in [-0.15, -0.1) is 0 Å². The molecule has 0 radical (unpaired) electrons. The number of nitrogens with one attached hydrogen (secondary N) is 4. The van der Waals surface area contributed by atoms with E-state index in [1.54, 1.807) is 76.2 Å². The van der Waals surface area contributed by atoms with E-state index in [4.69, 9.17) is 9.47 Å². The Morgan fingerprint density at radius 3 is 1.21 bits per heavy atom. The summed E-state index contributed by atoms with van der Waals surface area (Å²) in [6.45, 7) is 7.46. The van der Waals surface area contributed by atoms with Crippen LogP contribution >= 0.6 is 25.3 Å². The topological polar surface area (TPSA) is 302 Å². The molecule has 3 heterocycles. The Kier molecular flexibility index (Phi) is 20.6. The highest BCUT2D eigenvalue weighted by atomic mass is 32.1. The van der Waals surface area contributed by atoms with Crippen molar-refractivity contribution in [3.05, 3.63) is 72.3 Å². The molecule has 2 aromatic heterocycles. The van der Waals surface area contributed by atoms with Gasteiger partial charge in [0.2, 0.25) is 35.4 Å². The molecule has 2 aromatic carbocycles. The third-order valence-electron chi connectivity index (χ3n) is 12.7. The summed E-state index contributed by atoms with van der Waals surface area (Å²) in [5.41, 5.74) is 1.30. The van der Waals surface area contributed by atoms with E-state index >= 15 is 0 Å². The Balaban J connectivity index is 1.51. The lowest BCUT2D eigenvalue weighted by atomic mass is 10.0. The Morgan fingerprint density at radius 1 is 0.566 bits per heavy atom. The average molecular weight is 1090 g/mol. The highest BCUT2D eigenvalue weighted by Gasteiger charge is 2.41. The first kappa shape index (κ1) is 59.4. The monoisotopic (exact) mass is 1090 g/mol. The van der Waals surface area contributed by atoms with Crippen molar-refractivity contribution < 1.29 is 57.4 Å². The highest BCUT2D eigenvalue weighted by molar-refractivity contribution is 7.80. The van der Waals surface area contributed by atoms with E-state index in [9.17, 15) is 47.9 Å². The molecule has 0 bridgehead atoms. The summed E-state index contributed by atoms with van der Waals surface area (Å²) in [5.74, 6) is -10.8. The Hall–Kier alpha value is -7.48. The largest absolute Gasteiger partial charge is 0.461 e. The molecule has 0 unspecified atom stereocenters. The van der Waals surface area contributed by atoms with Crippen molar-refractivity contribution in [3.63, 3.8) is 0 Å². The van der Waals surface area contributed by atoms with Gasteiger partial charge in [-0.3, -0.25) is 48.3 Å². The van der Waals surface area contributed by atoms with Gasteiger partial charge in [-0.1, -0.05) is 52.0 Å². The van der Waals surface area contributed by atoms with Crippen molar-refractivity contribution in [2.24, 2.45) is 11.8 Å². The normalized spacial score (nSPS) is 23.9. The lowest BCUT2D eigenvalue weighted by Gasteiger charge is -2.36. The zero-order valence-corrected chi connectivity index (χ0v) is 45.5. The van der Waals surface area contributed by atoms with E-state index in [0.29, 0.717) is 22.1 Å². The number of ether oxygens (including phenoxy) is 2. The number of fused-ring (bicyclic) bond motifs is 2. The van der Waals surface area contributed by atoms with Gasteiger partial charge in [0.1, 0.15) is 72.9 Å². The third-order valence-corrected chi connectivity index (χ3v) is 13.4. The predicted octanol–water partition coefficient (Wildman–Crippen LogP) is 0.0590. The molecule has 5 rings (SSSR count). The first-order valence-corrected chi connectivity index (χ1v) is 25.5. The van der Waals surface area contributed by atoms with Gasteiger partial charge in [-0.05, 0) is 49.9 Å². The minimum Gasteiger partial charge on any atom is -0.461 e. The van der Waals surface area contributed by atoms with Crippen LogP contribution in [-0.2, 0) is 47.8 Å². The molecule has 1 fully saturated rings. The molecule has 0 aliphatic carbocycles. The van der Waals surface area contributed by atoms with Crippen molar-refractivity contribution in [2.45, 2.75) is 89.9 Å². The van der Waals surface area contributed by atoms with E-state index in [1.165, 1.54) is 54.4 Å². The number of amides is 8. The molecule has 26 heteroatoms. The number of thiol groups is 2. The van der Waals surface area contributed by atoms with E-state index in [0.717, 1.165) is 19.6 Å². The van der Waals surface area contributed by atoms with Gasteiger partial charge in [-0.25, -0.2) is 19.6 Å². The molecule has 0 spiro atoms. The number of esters is 2. The predicted molar refractivity (Wildman–Crippen MR) is 282 cm³/mol. The molecule has 0 saturated carbocycles. The number of cyclic esters (lactones) is 2. The second-order valence-corrected chi connectivity index (χ2v) is 19.6. The van der Waals surface area contributed by atoms with Crippen molar-refractivity contribution >= 4 is 107 Å². The number of benzene rings is 2. The van der Waals surface area contributed by atoms with E-state index in [-0.39, 0.29) is 22.9 Å². The summed E-state index contributed by atoms with van der Waals surface area (Å²) in [4.78, 5) is 162. The van der Waals surface area contributed by atoms with Crippen LogP contribution in [0.25, 0.3) is 22.1 Å². The zero-order valence-electron chi connectivity index (χ0n) is 43.7. The molecule has 4 N–H and O–H groups in total. The van der Waals surface area contributed by atoms with Crippen molar-refractivity contribution in [2.75, 3.05) is 52.9 Å². The fourth-order valence-electron chi connectivity index (χ4n) is 8.37. The number of likely N-dealkylation sites (N-methyl/N-ethyl adjacent to an activating group) is 4. The van der Waals surface area contributed by atoms with Crippen molar-refractivity contribution in [3.8, 4) is 0 Å². The molecule has 24 nitrogen and oxygen atoms in total. The average Bonchev–Trinajstić information content (AvgIpc) is 3.39. The number of hydrogen-bond donors (Lipinski definition) is 6. The fraction of sp³-hybridized carbons (Fsp3) is 0.480. The maximum atomic E-state index is 14.3. The number of para-hydroxylation sites is 4. The Morgan fingerprint density at radius 2 is 0.895 bits per heavy atom. The van der Waals surface area contributed by atoms with Crippen LogP contribution in [0.1, 0.15) is 62.5 Å². The molecular formula is C50H64N12O12S2. The molecule has 1 aliphatic rings.